The van der Waals surface area contributed by atoms with E-state index in [-0.39, 0.29) is 5.92 Å². The number of rotatable bonds is 1. The molecule has 0 radical (unpaired) electrons. The number of hydrogen-bond acceptors (Lipinski definition) is 2. The Morgan fingerprint density at radius 1 is 1.35 bits per heavy atom. The minimum absolute atomic E-state index is 0.193. The van der Waals surface area contributed by atoms with Gasteiger partial charge < -0.3 is 0 Å². The Balaban J connectivity index is 0.000000704. The van der Waals surface area contributed by atoms with E-state index >= 15 is 0 Å². The number of aromatic nitrogens is 2. The smallest absolute Gasteiger partial charge is 0.0739 e. The maximum absolute atomic E-state index is 8.95. The third-order valence-electron chi connectivity index (χ3n) is 3.70. The van der Waals surface area contributed by atoms with E-state index in [1.54, 1.807) is 0 Å². The van der Waals surface area contributed by atoms with Crippen molar-refractivity contribution in [2.24, 2.45) is 5.92 Å². The molecule has 3 heteroatoms. The number of aryl methyl sites for hydroxylation is 1. The number of fused-ring (bicyclic) bond motifs is 1. The molecule has 2 aromatic rings. The lowest BCUT2D eigenvalue weighted by Crippen LogP contribution is -2.05. The van der Waals surface area contributed by atoms with Gasteiger partial charge in [0.1, 0.15) is 0 Å². The van der Waals surface area contributed by atoms with Gasteiger partial charge in [0.05, 0.1) is 17.5 Å². The van der Waals surface area contributed by atoms with Crippen molar-refractivity contribution >= 4 is 11.1 Å². The summed E-state index contributed by atoms with van der Waals surface area (Å²) in [6.45, 7) is 6.14. The van der Waals surface area contributed by atoms with Crippen molar-refractivity contribution in [3.63, 3.8) is 0 Å². The van der Waals surface area contributed by atoms with Crippen LogP contribution in [0.1, 0.15) is 44.2 Å². The first-order chi connectivity index (χ1) is 9.79. The Morgan fingerprint density at radius 2 is 2.15 bits per heavy atom. The SMILES string of the molecule is CC.Cc1ccn2nccc2c1C1=CCC(C#N)CC1. The summed E-state index contributed by atoms with van der Waals surface area (Å²) in [7, 11) is 0. The number of hydrogen-bond donors (Lipinski definition) is 0. The van der Waals surface area contributed by atoms with Crippen molar-refractivity contribution in [1.82, 2.24) is 9.61 Å². The summed E-state index contributed by atoms with van der Waals surface area (Å²) in [6, 6.07) is 6.52. The minimum Gasteiger partial charge on any atom is -0.240 e. The second-order valence-electron chi connectivity index (χ2n) is 4.86. The second kappa shape index (κ2) is 6.38. The van der Waals surface area contributed by atoms with E-state index in [0.29, 0.717) is 0 Å². The molecule has 1 aliphatic rings. The van der Waals surface area contributed by atoms with Crippen LogP contribution in [0, 0.1) is 24.2 Å². The second-order valence-corrected chi connectivity index (χ2v) is 4.86. The van der Waals surface area contributed by atoms with Gasteiger partial charge in [-0.05, 0) is 49.5 Å². The van der Waals surface area contributed by atoms with Crippen LogP contribution in [-0.4, -0.2) is 9.61 Å². The molecule has 0 bridgehead atoms. The molecule has 0 aromatic carbocycles. The average molecular weight is 267 g/mol. The highest BCUT2D eigenvalue weighted by Gasteiger charge is 2.17. The van der Waals surface area contributed by atoms with E-state index in [9.17, 15) is 0 Å². The number of nitrogens with zero attached hydrogens (tertiary/aromatic N) is 3. The van der Waals surface area contributed by atoms with Crippen molar-refractivity contribution in [3.05, 3.63) is 41.7 Å². The topological polar surface area (TPSA) is 41.1 Å². The molecular formula is C17H21N3. The molecule has 0 saturated carbocycles. The van der Waals surface area contributed by atoms with E-state index in [1.165, 1.54) is 16.7 Å². The van der Waals surface area contributed by atoms with Crippen LogP contribution in [-0.2, 0) is 0 Å². The lowest BCUT2D eigenvalue weighted by Gasteiger charge is -2.19. The summed E-state index contributed by atoms with van der Waals surface area (Å²) in [6.07, 6.45) is 8.89. The average Bonchev–Trinajstić information content (AvgIpc) is 2.98. The Labute approximate surface area is 120 Å². The minimum atomic E-state index is 0.193. The fraction of sp³-hybridized carbons (Fsp3) is 0.412. The fourth-order valence-electron chi connectivity index (χ4n) is 2.69. The van der Waals surface area contributed by atoms with Crippen molar-refractivity contribution in [3.8, 4) is 6.07 Å². The largest absolute Gasteiger partial charge is 0.240 e. The van der Waals surface area contributed by atoms with Gasteiger partial charge in [-0.2, -0.15) is 10.4 Å². The van der Waals surface area contributed by atoms with Gasteiger partial charge in [-0.3, -0.25) is 0 Å². The van der Waals surface area contributed by atoms with Crippen LogP contribution in [0.15, 0.2) is 30.6 Å². The summed E-state index contributed by atoms with van der Waals surface area (Å²) < 4.78 is 1.92. The van der Waals surface area contributed by atoms with Crippen LogP contribution in [0.3, 0.4) is 0 Å². The maximum atomic E-state index is 8.95. The van der Waals surface area contributed by atoms with Gasteiger partial charge in [-0.1, -0.05) is 19.9 Å². The molecule has 1 unspecified atom stereocenters. The van der Waals surface area contributed by atoms with Crippen LogP contribution < -0.4 is 0 Å². The molecule has 2 heterocycles. The van der Waals surface area contributed by atoms with E-state index in [4.69, 9.17) is 5.26 Å². The Bertz CT molecular complexity index is 658. The molecule has 2 aromatic heterocycles. The summed E-state index contributed by atoms with van der Waals surface area (Å²) in [4.78, 5) is 0. The number of nitriles is 1. The fourth-order valence-corrected chi connectivity index (χ4v) is 2.69. The molecule has 0 fully saturated rings. The van der Waals surface area contributed by atoms with Crippen LogP contribution >= 0.6 is 0 Å². The normalized spacial score (nSPS) is 17.9. The van der Waals surface area contributed by atoms with Crippen LogP contribution in [0.4, 0.5) is 0 Å². The van der Waals surface area contributed by atoms with E-state index in [1.807, 2.05) is 30.8 Å². The highest BCUT2D eigenvalue weighted by Crippen LogP contribution is 2.33. The van der Waals surface area contributed by atoms with Crippen molar-refractivity contribution in [2.45, 2.75) is 40.0 Å². The zero-order chi connectivity index (χ0) is 14.5. The molecule has 1 atom stereocenters. The molecule has 104 valence electrons. The molecule has 0 aliphatic heterocycles. The zero-order valence-electron chi connectivity index (χ0n) is 12.4. The summed E-state index contributed by atoms with van der Waals surface area (Å²) in [5.74, 6) is 0.193. The lowest BCUT2D eigenvalue weighted by atomic mass is 9.86. The molecule has 0 saturated heterocycles. The first-order valence-electron chi connectivity index (χ1n) is 7.31. The highest BCUT2D eigenvalue weighted by molar-refractivity contribution is 5.80. The van der Waals surface area contributed by atoms with Crippen LogP contribution in [0.2, 0.25) is 0 Å². The Hall–Kier alpha value is -2.08. The predicted octanol–water partition coefficient (Wildman–Crippen LogP) is 4.38. The van der Waals surface area contributed by atoms with Gasteiger partial charge in [0.15, 0.2) is 0 Å². The van der Waals surface area contributed by atoms with E-state index < -0.39 is 0 Å². The summed E-state index contributed by atoms with van der Waals surface area (Å²) in [5, 5.41) is 13.2. The molecular weight excluding hydrogens is 246 g/mol. The van der Waals surface area contributed by atoms with Crippen molar-refractivity contribution < 1.29 is 0 Å². The van der Waals surface area contributed by atoms with Gasteiger partial charge in [0.2, 0.25) is 0 Å². The quantitative estimate of drug-likeness (QED) is 0.769. The summed E-state index contributed by atoms with van der Waals surface area (Å²) in [5.41, 5.74) is 5.11. The molecule has 3 nitrogen and oxygen atoms in total. The zero-order valence-corrected chi connectivity index (χ0v) is 12.4. The van der Waals surface area contributed by atoms with E-state index in [0.717, 1.165) is 24.8 Å². The third-order valence-corrected chi connectivity index (χ3v) is 3.70. The van der Waals surface area contributed by atoms with Gasteiger partial charge in [0, 0.05) is 18.0 Å². The molecule has 0 amide bonds. The molecule has 3 rings (SSSR count). The highest BCUT2D eigenvalue weighted by atomic mass is 15.2. The Kier molecular flexibility index (Phi) is 4.57. The Morgan fingerprint density at radius 3 is 2.80 bits per heavy atom. The molecule has 20 heavy (non-hydrogen) atoms. The van der Waals surface area contributed by atoms with Crippen LogP contribution in [0.5, 0.6) is 0 Å². The standard InChI is InChI=1S/C15H15N3.C2H6/c1-11-7-9-18-14(6-8-17-18)15(11)13-4-2-12(10-16)3-5-13;1-2/h4,6-9,12H,2-3,5H2,1H3;1-2H3. The maximum Gasteiger partial charge on any atom is 0.0739 e. The number of allylic oxidation sites excluding steroid dienone is 2. The van der Waals surface area contributed by atoms with E-state index in [2.05, 4.69) is 36.3 Å². The molecule has 0 N–H and O–H groups in total. The van der Waals surface area contributed by atoms with Crippen molar-refractivity contribution in [2.75, 3.05) is 0 Å². The first kappa shape index (κ1) is 14.3. The molecule has 0 spiro atoms. The number of pyridine rings is 1. The van der Waals surface area contributed by atoms with Gasteiger partial charge in [-0.25, -0.2) is 4.52 Å². The van der Waals surface area contributed by atoms with Gasteiger partial charge in [0.25, 0.3) is 0 Å². The van der Waals surface area contributed by atoms with Crippen molar-refractivity contribution in [1.29, 1.82) is 5.26 Å². The lowest BCUT2D eigenvalue weighted by molar-refractivity contribution is 0.604. The third kappa shape index (κ3) is 2.60. The van der Waals surface area contributed by atoms with Gasteiger partial charge in [-0.15, -0.1) is 0 Å². The summed E-state index contributed by atoms with van der Waals surface area (Å²) >= 11 is 0. The monoisotopic (exact) mass is 267 g/mol. The first-order valence-corrected chi connectivity index (χ1v) is 7.31. The van der Waals surface area contributed by atoms with Crippen LogP contribution in [0.25, 0.3) is 11.1 Å². The predicted molar refractivity (Wildman–Crippen MR) is 82.2 cm³/mol. The van der Waals surface area contributed by atoms with Gasteiger partial charge >= 0.3 is 0 Å². The molecule has 1 aliphatic carbocycles.